The van der Waals surface area contributed by atoms with Crippen LogP contribution in [0.1, 0.15) is 35.3 Å². The van der Waals surface area contributed by atoms with Crippen LogP contribution in [0.5, 0.6) is 5.75 Å². The topological polar surface area (TPSA) is 110 Å². The Bertz CT molecular complexity index is 1600. The Morgan fingerprint density at radius 2 is 1.85 bits per heavy atom. The summed E-state index contributed by atoms with van der Waals surface area (Å²) in [5.74, 6) is -1.48. The van der Waals surface area contributed by atoms with E-state index in [2.05, 4.69) is 21.3 Å². The van der Waals surface area contributed by atoms with E-state index in [1.54, 1.807) is 37.3 Å². The van der Waals surface area contributed by atoms with Crippen molar-refractivity contribution in [3.05, 3.63) is 120 Å². The van der Waals surface area contributed by atoms with Gasteiger partial charge in [0.25, 0.3) is 0 Å². The van der Waals surface area contributed by atoms with Crippen molar-refractivity contribution in [3.63, 3.8) is 0 Å². The zero-order valence-electron chi connectivity index (χ0n) is 20.8. The minimum atomic E-state index is -1.86. The maximum atomic E-state index is 14.8. The molecule has 0 saturated heterocycles. The van der Waals surface area contributed by atoms with Gasteiger partial charge in [-0.2, -0.15) is 10.4 Å². The van der Waals surface area contributed by atoms with Crippen LogP contribution in [0.4, 0.5) is 8.78 Å². The van der Waals surface area contributed by atoms with Crippen molar-refractivity contribution >= 4 is 0 Å². The van der Waals surface area contributed by atoms with Crippen molar-refractivity contribution < 1.29 is 23.1 Å². The van der Waals surface area contributed by atoms with E-state index < -0.39 is 23.2 Å². The molecule has 0 aliphatic heterocycles. The summed E-state index contributed by atoms with van der Waals surface area (Å²) in [4.78, 5) is 3.89. The Labute approximate surface area is 222 Å². The Morgan fingerprint density at radius 3 is 2.51 bits per heavy atom. The van der Waals surface area contributed by atoms with Crippen molar-refractivity contribution in [1.29, 1.82) is 5.26 Å². The molecule has 0 fully saturated rings. The molecule has 0 spiro atoms. The van der Waals surface area contributed by atoms with Crippen molar-refractivity contribution in [2.75, 3.05) is 0 Å². The molecule has 0 bridgehead atoms. The van der Waals surface area contributed by atoms with Gasteiger partial charge >= 0.3 is 0 Å². The second-order valence-corrected chi connectivity index (χ2v) is 9.10. The first-order valence-corrected chi connectivity index (χ1v) is 12.0. The highest BCUT2D eigenvalue weighted by atomic mass is 19.1. The van der Waals surface area contributed by atoms with E-state index in [1.807, 2.05) is 24.3 Å². The van der Waals surface area contributed by atoms with Gasteiger partial charge in [-0.05, 0) is 48.0 Å². The van der Waals surface area contributed by atoms with Crippen LogP contribution in [0.15, 0.2) is 90.0 Å². The molecule has 5 aromatic rings. The van der Waals surface area contributed by atoms with Gasteiger partial charge < -0.3 is 14.4 Å². The highest BCUT2D eigenvalue weighted by Crippen LogP contribution is 2.40. The number of halogens is 2. The summed E-state index contributed by atoms with van der Waals surface area (Å²) in [5.41, 5.74) is 0.821. The molecule has 0 saturated carbocycles. The van der Waals surface area contributed by atoms with Crippen LogP contribution in [0.3, 0.4) is 0 Å². The van der Waals surface area contributed by atoms with Crippen molar-refractivity contribution in [3.8, 4) is 23.1 Å². The fourth-order valence-corrected chi connectivity index (χ4v) is 4.29. The molecule has 2 atom stereocenters. The van der Waals surface area contributed by atoms with Gasteiger partial charge in [-0.15, -0.1) is 0 Å². The molecule has 5 rings (SSSR count). The summed E-state index contributed by atoms with van der Waals surface area (Å²) in [6, 6.07) is 21.2. The first-order valence-electron chi connectivity index (χ1n) is 12.0. The molecule has 0 radical (unpaired) electrons. The van der Waals surface area contributed by atoms with Crippen LogP contribution >= 0.6 is 0 Å². The maximum absolute atomic E-state index is 14.8. The van der Waals surface area contributed by atoms with Gasteiger partial charge in [0.15, 0.2) is 0 Å². The van der Waals surface area contributed by atoms with Gasteiger partial charge in [0.2, 0.25) is 0 Å². The number of aromatic nitrogens is 4. The van der Waals surface area contributed by atoms with Crippen LogP contribution in [0.25, 0.3) is 11.3 Å². The van der Waals surface area contributed by atoms with E-state index in [9.17, 15) is 13.9 Å². The molecule has 3 aromatic carbocycles. The first-order chi connectivity index (χ1) is 18.9. The summed E-state index contributed by atoms with van der Waals surface area (Å²) < 4.78 is 41.2. The van der Waals surface area contributed by atoms with E-state index in [0.717, 1.165) is 23.3 Å². The molecule has 8 nitrogen and oxygen atoms in total. The van der Waals surface area contributed by atoms with Crippen LogP contribution in [0.2, 0.25) is 0 Å². The lowest BCUT2D eigenvalue weighted by molar-refractivity contribution is -0.0181. The van der Waals surface area contributed by atoms with E-state index in [0.29, 0.717) is 29.4 Å². The second-order valence-electron chi connectivity index (χ2n) is 9.10. The number of hydrogen-bond donors (Lipinski definition) is 1. The smallest absolute Gasteiger partial charge is 0.143 e. The normalized spacial score (nSPS) is 13.4. The van der Waals surface area contributed by atoms with E-state index in [4.69, 9.17) is 14.5 Å². The summed E-state index contributed by atoms with van der Waals surface area (Å²) in [7, 11) is 0. The molecule has 2 heterocycles. The quantitative estimate of drug-likeness (QED) is 0.275. The highest BCUT2D eigenvalue weighted by molar-refractivity contribution is 5.60. The number of nitrogens with zero attached hydrogens (tertiary/aromatic N) is 5. The van der Waals surface area contributed by atoms with Crippen molar-refractivity contribution in [1.82, 2.24) is 19.9 Å². The summed E-state index contributed by atoms with van der Waals surface area (Å²) in [6.45, 7) is 1.86. The Morgan fingerprint density at radius 1 is 1.08 bits per heavy atom. The molecular formula is C29H23F2N5O3. The number of aliphatic hydroxyl groups is 1. The van der Waals surface area contributed by atoms with Crippen molar-refractivity contribution in [2.24, 2.45) is 0 Å². The lowest BCUT2D eigenvalue weighted by atomic mass is 9.80. The van der Waals surface area contributed by atoms with Crippen molar-refractivity contribution in [2.45, 2.75) is 31.6 Å². The Hall–Kier alpha value is -4.88. The Balaban J connectivity index is 1.35. The van der Waals surface area contributed by atoms with Gasteiger partial charge in [-0.25, -0.2) is 18.4 Å². The monoisotopic (exact) mass is 527 g/mol. The van der Waals surface area contributed by atoms with E-state index >= 15 is 0 Å². The van der Waals surface area contributed by atoms with E-state index in [-0.39, 0.29) is 12.1 Å². The average Bonchev–Trinajstić information content (AvgIpc) is 3.64. The van der Waals surface area contributed by atoms with Gasteiger partial charge in [0.05, 0.1) is 24.1 Å². The van der Waals surface area contributed by atoms with Crippen LogP contribution in [-0.2, 0) is 18.8 Å². The van der Waals surface area contributed by atoms with Crippen LogP contribution in [-0.4, -0.2) is 25.0 Å². The lowest BCUT2D eigenvalue weighted by Crippen LogP contribution is -2.38. The molecule has 0 aliphatic carbocycles. The fraction of sp³-hybridized carbons (Fsp3) is 0.172. The molecule has 2 aromatic heterocycles. The zero-order valence-corrected chi connectivity index (χ0v) is 20.8. The number of ether oxygens (including phenoxy) is 1. The van der Waals surface area contributed by atoms with Gasteiger partial charge in [0, 0.05) is 23.3 Å². The van der Waals surface area contributed by atoms with Crippen LogP contribution < -0.4 is 4.74 Å². The van der Waals surface area contributed by atoms with E-state index in [1.165, 1.54) is 23.4 Å². The largest absolute Gasteiger partial charge is 0.489 e. The number of rotatable bonds is 9. The first kappa shape index (κ1) is 25.8. The second kappa shape index (κ2) is 10.8. The van der Waals surface area contributed by atoms with Gasteiger partial charge in [0.1, 0.15) is 53.7 Å². The summed E-state index contributed by atoms with van der Waals surface area (Å²) in [5, 5.41) is 28.9. The lowest BCUT2D eigenvalue weighted by Gasteiger charge is -2.33. The molecule has 0 unspecified atom stereocenters. The summed E-state index contributed by atoms with van der Waals surface area (Å²) in [6.07, 6.45) is 2.70. The van der Waals surface area contributed by atoms with Gasteiger partial charge in [-0.1, -0.05) is 30.3 Å². The zero-order chi connectivity index (χ0) is 27.4. The molecule has 196 valence electrons. The molecule has 0 aliphatic rings. The number of hydrogen-bond acceptors (Lipinski definition) is 7. The minimum absolute atomic E-state index is 0.103. The number of nitriles is 1. The number of benzene rings is 3. The minimum Gasteiger partial charge on any atom is -0.489 e. The summed E-state index contributed by atoms with van der Waals surface area (Å²) >= 11 is 0. The molecule has 10 heteroatoms. The SMILES string of the molecule is C[C@@H](c1cc(-c2ccc(OCc3ccc(C#N)cc3)cc2)no1)[C@](O)(Cn1cncn1)c1ccc(F)cc1F. The molecular weight excluding hydrogens is 504 g/mol. The molecule has 0 amide bonds. The van der Waals surface area contributed by atoms with Gasteiger partial charge in [-0.3, -0.25) is 0 Å². The molecule has 39 heavy (non-hydrogen) atoms. The highest BCUT2D eigenvalue weighted by Gasteiger charge is 2.42. The Kier molecular flexibility index (Phi) is 7.17. The van der Waals surface area contributed by atoms with Crippen LogP contribution in [0, 0.1) is 23.0 Å². The maximum Gasteiger partial charge on any atom is 0.143 e. The predicted octanol–water partition coefficient (Wildman–Crippen LogP) is 5.35. The fourth-order valence-electron chi connectivity index (χ4n) is 4.29. The standard InChI is InChI=1S/C29H23F2N5O3/c1-19(29(37,16-36-18-33-17-34-36)25-11-8-23(30)12-26(25)31)28-13-27(35-39-28)22-6-9-24(10-7-22)38-15-21-4-2-20(14-32)3-5-21/h2-13,17-19,37H,15-16H2,1H3/t19-,29+/m0/s1. The predicted molar refractivity (Wildman–Crippen MR) is 136 cm³/mol. The average molecular weight is 528 g/mol. The third-order valence-electron chi connectivity index (χ3n) is 6.58. The molecule has 1 N–H and O–H groups in total. The third-order valence-corrected chi connectivity index (χ3v) is 6.58. The third kappa shape index (κ3) is 5.54.